The fourth-order valence-corrected chi connectivity index (χ4v) is 3.80. The van der Waals surface area contributed by atoms with E-state index in [1.54, 1.807) is 36.4 Å². The van der Waals surface area contributed by atoms with Crippen molar-refractivity contribution >= 4 is 34.7 Å². The number of benzene rings is 1. The van der Waals surface area contributed by atoms with Gasteiger partial charge in [0.05, 0.1) is 4.88 Å². The molecule has 1 fully saturated rings. The zero-order valence-corrected chi connectivity index (χ0v) is 16.9. The molecule has 6 nitrogen and oxygen atoms in total. The van der Waals surface area contributed by atoms with Gasteiger partial charge >= 0.3 is 0 Å². The van der Waals surface area contributed by atoms with Crippen molar-refractivity contribution in [2.24, 2.45) is 5.92 Å². The molecular weight excluding hydrogens is 374 g/mol. The fraction of sp³-hybridized carbons (Fsp3) is 0.381. The summed E-state index contributed by atoms with van der Waals surface area (Å²) in [5, 5.41) is 7.46. The van der Waals surface area contributed by atoms with Crippen molar-refractivity contribution in [2.75, 3.05) is 18.4 Å². The smallest absolute Gasteiger partial charge is 0.262 e. The molecule has 0 aliphatic carbocycles. The van der Waals surface area contributed by atoms with Crippen molar-refractivity contribution in [1.82, 2.24) is 10.2 Å². The Morgan fingerprint density at radius 1 is 1.04 bits per heavy atom. The molecule has 1 saturated heterocycles. The van der Waals surface area contributed by atoms with E-state index < -0.39 is 6.04 Å². The Balaban J connectivity index is 1.63. The van der Waals surface area contributed by atoms with Crippen LogP contribution in [0.5, 0.6) is 0 Å². The van der Waals surface area contributed by atoms with Gasteiger partial charge in [-0.1, -0.05) is 19.9 Å². The first-order chi connectivity index (χ1) is 13.5. The van der Waals surface area contributed by atoms with Gasteiger partial charge in [0.1, 0.15) is 6.04 Å². The van der Waals surface area contributed by atoms with Gasteiger partial charge in [0.2, 0.25) is 5.91 Å². The third kappa shape index (κ3) is 4.78. The van der Waals surface area contributed by atoms with E-state index in [1.807, 2.05) is 24.1 Å². The number of nitrogens with zero attached hydrogens (tertiary/aromatic N) is 1. The van der Waals surface area contributed by atoms with Crippen LogP contribution < -0.4 is 10.6 Å². The van der Waals surface area contributed by atoms with E-state index in [0.717, 1.165) is 25.9 Å². The summed E-state index contributed by atoms with van der Waals surface area (Å²) in [6.45, 7) is 5.38. The van der Waals surface area contributed by atoms with E-state index in [0.29, 0.717) is 16.1 Å². The monoisotopic (exact) mass is 399 g/mol. The Kier molecular flexibility index (Phi) is 6.46. The van der Waals surface area contributed by atoms with Gasteiger partial charge in [-0.05, 0) is 54.5 Å². The van der Waals surface area contributed by atoms with Crippen LogP contribution in [0.4, 0.5) is 5.69 Å². The quantitative estimate of drug-likeness (QED) is 0.782. The highest BCUT2D eigenvalue weighted by Crippen LogP contribution is 2.17. The normalized spacial score (nSPS) is 14.8. The predicted octanol–water partition coefficient (Wildman–Crippen LogP) is 3.38. The molecule has 2 N–H and O–H groups in total. The molecule has 7 heteroatoms. The lowest BCUT2D eigenvalue weighted by Crippen LogP contribution is -2.46. The summed E-state index contributed by atoms with van der Waals surface area (Å²) in [6, 6.07) is 9.77. The number of hydrogen-bond acceptors (Lipinski definition) is 4. The van der Waals surface area contributed by atoms with Gasteiger partial charge in [-0.25, -0.2) is 0 Å². The second-order valence-corrected chi connectivity index (χ2v) is 8.19. The Morgan fingerprint density at radius 3 is 2.29 bits per heavy atom. The van der Waals surface area contributed by atoms with Gasteiger partial charge < -0.3 is 15.5 Å². The van der Waals surface area contributed by atoms with E-state index in [4.69, 9.17) is 0 Å². The number of amides is 3. The van der Waals surface area contributed by atoms with Crippen molar-refractivity contribution in [3.63, 3.8) is 0 Å². The van der Waals surface area contributed by atoms with Crippen molar-refractivity contribution < 1.29 is 14.4 Å². The number of likely N-dealkylation sites (tertiary alicyclic amines) is 1. The highest BCUT2D eigenvalue weighted by atomic mass is 32.1. The zero-order chi connectivity index (χ0) is 20.1. The van der Waals surface area contributed by atoms with Crippen molar-refractivity contribution in [3.05, 3.63) is 52.2 Å². The lowest BCUT2D eigenvalue weighted by atomic mass is 10.0. The van der Waals surface area contributed by atoms with Gasteiger partial charge in [-0.3, -0.25) is 14.4 Å². The molecule has 2 heterocycles. The number of anilines is 1. The number of carbonyl (C=O) groups is 3. The summed E-state index contributed by atoms with van der Waals surface area (Å²) in [7, 11) is 0. The highest BCUT2D eigenvalue weighted by Gasteiger charge is 2.25. The standard InChI is InChI=1S/C21H25N3O3S/c1-14(2)18(23-19(25)17-6-5-13-28-17)20(26)22-16-9-7-15(8-10-16)21(27)24-11-3-4-12-24/h5-10,13-14,18H,3-4,11-12H2,1-2H3,(H,22,26)(H,23,25). The Morgan fingerprint density at radius 2 is 1.71 bits per heavy atom. The number of thiophene rings is 1. The molecule has 1 aromatic heterocycles. The van der Waals surface area contributed by atoms with Crippen molar-refractivity contribution in [1.29, 1.82) is 0 Å². The Labute approximate surface area is 168 Å². The van der Waals surface area contributed by atoms with Crippen LogP contribution >= 0.6 is 11.3 Å². The first-order valence-electron chi connectivity index (χ1n) is 9.50. The summed E-state index contributed by atoms with van der Waals surface area (Å²) >= 11 is 1.34. The van der Waals surface area contributed by atoms with Gasteiger partial charge in [0, 0.05) is 24.3 Å². The van der Waals surface area contributed by atoms with Gasteiger partial charge in [-0.2, -0.15) is 0 Å². The van der Waals surface area contributed by atoms with Crippen LogP contribution in [0.25, 0.3) is 0 Å². The highest BCUT2D eigenvalue weighted by molar-refractivity contribution is 7.12. The Hall–Kier alpha value is -2.67. The maximum Gasteiger partial charge on any atom is 0.262 e. The van der Waals surface area contributed by atoms with Gasteiger partial charge in [0.25, 0.3) is 11.8 Å². The molecule has 148 valence electrons. The van der Waals surface area contributed by atoms with Crippen molar-refractivity contribution in [2.45, 2.75) is 32.7 Å². The fourth-order valence-electron chi connectivity index (χ4n) is 3.17. The Bertz CT molecular complexity index is 825. The van der Waals surface area contributed by atoms with Gasteiger partial charge in [-0.15, -0.1) is 11.3 Å². The molecule has 2 aromatic rings. The molecule has 1 atom stereocenters. The average molecular weight is 400 g/mol. The topological polar surface area (TPSA) is 78.5 Å². The molecule has 28 heavy (non-hydrogen) atoms. The molecule has 3 rings (SSSR count). The summed E-state index contributed by atoms with van der Waals surface area (Å²) < 4.78 is 0. The predicted molar refractivity (Wildman–Crippen MR) is 111 cm³/mol. The van der Waals surface area contributed by atoms with Crippen LogP contribution in [0.15, 0.2) is 41.8 Å². The maximum absolute atomic E-state index is 12.7. The first kappa shape index (κ1) is 20.1. The number of nitrogens with one attached hydrogen (secondary N) is 2. The third-order valence-corrected chi connectivity index (χ3v) is 5.64. The lowest BCUT2D eigenvalue weighted by molar-refractivity contribution is -0.118. The SMILES string of the molecule is CC(C)C(NC(=O)c1cccs1)C(=O)Nc1ccc(C(=O)N2CCCC2)cc1. The number of hydrogen-bond donors (Lipinski definition) is 2. The van der Waals surface area contributed by atoms with Crippen LogP contribution in [0, 0.1) is 5.92 Å². The minimum Gasteiger partial charge on any atom is -0.339 e. The van der Waals surface area contributed by atoms with E-state index in [-0.39, 0.29) is 23.6 Å². The number of carbonyl (C=O) groups excluding carboxylic acids is 3. The maximum atomic E-state index is 12.7. The lowest BCUT2D eigenvalue weighted by Gasteiger charge is -2.21. The van der Waals surface area contributed by atoms with Crippen LogP contribution in [0.2, 0.25) is 0 Å². The van der Waals surface area contributed by atoms with Crippen LogP contribution in [0.1, 0.15) is 46.7 Å². The molecule has 1 unspecified atom stereocenters. The van der Waals surface area contributed by atoms with E-state index in [2.05, 4.69) is 10.6 Å². The molecule has 1 aromatic carbocycles. The second-order valence-electron chi connectivity index (χ2n) is 7.24. The van der Waals surface area contributed by atoms with Crippen LogP contribution in [0.3, 0.4) is 0 Å². The minimum absolute atomic E-state index is 0.0265. The average Bonchev–Trinajstić information content (AvgIpc) is 3.39. The van der Waals surface area contributed by atoms with E-state index >= 15 is 0 Å². The van der Waals surface area contributed by atoms with Gasteiger partial charge in [0.15, 0.2) is 0 Å². The van der Waals surface area contributed by atoms with E-state index in [1.165, 1.54) is 11.3 Å². The summed E-state index contributed by atoms with van der Waals surface area (Å²) in [4.78, 5) is 39.8. The molecule has 1 aliphatic heterocycles. The zero-order valence-electron chi connectivity index (χ0n) is 16.1. The molecule has 0 radical (unpaired) electrons. The molecule has 0 spiro atoms. The summed E-state index contributed by atoms with van der Waals surface area (Å²) in [5.74, 6) is -0.576. The molecule has 0 saturated carbocycles. The van der Waals surface area contributed by atoms with Crippen molar-refractivity contribution in [3.8, 4) is 0 Å². The largest absolute Gasteiger partial charge is 0.339 e. The molecule has 1 aliphatic rings. The molecule has 3 amide bonds. The van der Waals surface area contributed by atoms with Crippen LogP contribution in [-0.4, -0.2) is 41.8 Å². The third-order valence-electron chi connectivity index (χ3n) is 4.77. The second kappa shape index (κ2) is 9.01. The first-order valence-corrected chi connectivity index (χ1v) is 10.4. The summed E-state index contributed by atoms with van der Waals surface area (Å²) in [5.41, 5.74) is 1.21. The molecular formula is C21H25N3O3S. The minimum atomic E-state index is -0.652. The van der Waals surface area contributed by atoms with Crippen LogP contribution in [-0.2, 0) is 4.79 Å². The number of rotatable bonds is 6. The summed E-state index contributed by atoms with van der Waals surface area (Å²) in [6.07, 6.45) is 2.10. The molecule has 0 bridgehead atoms. The van der Waals surface area contributed by atoms with E-state index in [9.17, 15) is 14.4 Å².